The fourth-order valence-electron chi connectivity index (χ4n) is 2.46. The minimum absolute atomic E-state index is 0.120. The highest BCUT2D eigenvalue weighted by molar-refractivity contribution is 5.93. The van der Waals surface area contributed by atoms with Gasteiger partial charge in [0.2, 0.25) is 5.89 Å². The Kier molecular flexibility index (Phi) is 5.17. The Morgan fingerprint density at radius 2 is 2.04 bits per heavy atom. The first-order chi connectivity index (χ1) is 12.6. The molecule has 0 fully saturated rings. The lowest BCUT2D eigenvalue weighted by Gasteiger charge is -2.04. The molecule has 1 aromatic carbocycles. The van der Waals surface area contributed by atoms with Crippen LogP contribution in [0.4, 0.5) is 0 Å². The number of rotatable bonds is 6. The van der Waals surface area contributed by atoms with E-state index in [0.29, 0.717) is 18.9 Å². The van der Waals surface area contributed by atoms with Gasteiger partial charge in [0, 0.05) is 31.8 Å². The summed E-state index contributed by atoms with van der Waals surface area (Å²) < 4.78 is 12.0. The van der Waals surface area contributed by atoms with Crippen molar-refractivity contribution in [1.29, 1.82) is 0 Å². The molecule has 26 heavy (non-hydrogen) atoms. The molecule has 3 aromatic rings. The summed E-state index contributed by atoms with van der Waals surface area (Å²) in [5, 5.41) is 2.73. The molecule has 0 spiro atoms. The molecule has 134 valence electrons. The molecule has 0 aliphatic carbocycles. The predicted molar refractivity (Wildman–Crippen MR) is 96.2 cm³/mol. The first-order valence-electron chi connectivity index (χ1n) is 8.11. The Balaban J connectivity index is 1.59. The molecule has 0 bridgehead atoms. The van der Waals surface area contributed by atoms with Crippen LogP contribution >= 0.6 is 0 Å². The number of amides is 1. The maximum absolute atomic E-state index is 12.1. The Bertz CT molecular complexity index is 957. The summed E-state index contributed by atoms with van der Waals surface area (Å²) in [7, 11) is 3.22. The standard InChI is InChI=1S/C19H19N3O4/c1-22-11-3-4-16(19(22)24)17(23)20-10-9-14-12-26-18(21-14)13-5-7-15(25-2)8-6-13/h3-8,11-12H,9-10H2,1-2H3,(H,20,23). The molecule has 2 heterocycles. The van der Waals surface area contributed by atoms with E-state index < -0.39 is 5.91 Å². The summed E-state index contributed by atoms with van der Waals surface area (Å²) in [5.74, 6) is 0.867. The molecule has 0 atom stereocenters. The van der Waals surface area contributed by atoms with Crippen molar-refractivity contribution in [3.63, 3.8) is 0 Å². The number of carbonyl (C=O) groups is 1. The largest absolute Gasteiger partial charge is 0.497 e. The third-order valence-electron chi connectivity index (χ3n) is 3.92. The van der Waals surface area contributed by atoms with Crippen LogP contribution < -0.4 is 15.6 Å². The Morgan fingerprint density at radius 3 is 2.77 bits per heavy atom. The third-order valence-corrected chi connectivity index (χ3v) is 3.92. The van der Waals surface area contributed by atoms with Gasteiger partial charge in [-0.15, -0.1) is 0 Å². The van der Waals surface area contributed by atoms with Gasteiger partial charge in [-0.3, -0.25) is 9.59 Å². The number of nitrogens with zero attached hydrogens (tertiary/aromatic N) is 2. The molecule has 7 nitrogen and oxygen atoms in total. The first kappa shape index (κ1) is 17.5. The van der Waals surface area contributed by atoms with E-state index >= 15 is 0 Å². The molecule has 0 aliphatic heterocycles. The number of aryl methyl sites for hydroxylation is 1. The topological polar surface area (TPSA) is 86.4 Å². The Morgan fingerprint density at radius 1 is 1.27 bits per heavy atom. The fraction of sp³-hybridized carbons (Fsp3) is 0.211. The lowest BCUT2D eigenvalue weighted by molar-refractivity contribution is 0.0952. The normalized spacial score (nSPS) is 10.5. The number of hydrogen-bond acceptors (Lipinski definition) is 5. The minimum Gasteiger partial charge on any atom is -0.497 e. The van der Waals surface area contributed by atoms with Crippen LogP contribution in [0.3, 0.4) is 0 Å². The molecule has 0 saturated heterocycles. The van der Waals surface area contributed by atoms with Gasteiger partial charge in [-0.25, -0.2) is 4.98 Å². The number of pyridine rings is 1. The van der Waals surface area contributed by atoms with Crippen molar-refractivity contribution in [2.75, 3.05) is 13.7 Å². The van der Waals surface area contributed by atoms with Crippen LogP contribution in [-0.2, 0) is 13.5 Å². The van der Waals surface area contributed by atoms with E-state index in [9.17, 15) is 9.59 Å². The van der Waals surface area contributed by atoms with Gasteiger partial charge in [-0.05, 0) is 36.4 Å². The number of benzene rings is 1. The minimum atomic E-state index is -0.398. The smallest absolute Gasteiger partial charge is 0.263 e. The zero-order valence-electron chi connectivity index (χ0n) is 14.6. The van der Waals surface area contributed by atoms with Crippen molar-refractivity contribution in [2.45, 2.75) is 6.42 Å². The Labute approximate surface area is 150 Å². The van der Waals surface area contributed by atoms with Crippen LogP contribution in [0, 0.1) is 0 Å². The van der Waals surface area contributed by atoms with Crippen molar-refractivity contribution in [3.8, 4) is 17.2 Å². The third kappa shape index (κ3) is 3.83. The fourth-order valence-corrected chi connectivity index (χ4v) is 2.46. The molecule has 1 N–H and O–H groups in total. The number of aromatic nitrogens is 2. The van der Waals surface area contributed by atoms with Crippen molar-refractivity contribution < 1.29 is 13.9 Å². The monoisotopic (exact) mass is 353 g/mol. The van der Waals surface area contributed by atoms with Crippen molar-refractivity contribution >= 4 is 5.91 Å². The van der Waals surface area contributed by atoms with E-state index in [4.69, 9.17) is 9.15 Å². The summed E-state index contributed by atoms with van der Waals surface area (Å²) in [6, 6.07) is 10.6. The van der Waals surface area contributed by atoms with Crippen LogP contribution in [0.2, 0.25) is 0 Å². The molecule has 7 heteroatoms. The number of methoxy groups -OCH3 is 1. The van der Waals surface area contributed by atoms with Crippen molar-refractivity contribution in [2.24, 2.45) is 7.05 Å². The number of nitrogens with one attached hydrogen (secondary N) is 1. The first-order valence-corrected chi connectivity index (χ1v) is 8.11. The van der Waals surface area contributed by atoms with Gasteiger partial charge < -0.3 is 19.0 Å². The van der Waals surface area contributed by atoms with Gasteiger partial charge in [0.25, 0.3) is 11.5 Å². The van der Waals surface area contributed by atoms with Crippen LogP contribution in [0.5, 0.6) is 5.75 Å². The summed E-state index contributed by atoms with van der Waals surface area (Å²) in [6.07, 6.45) is 3.67. The lowest BCUT2D eigenvalue weighted by atomic mass is 10.2. The summed E-state index contributed by atoms with van der Waals surface area (Å²) in [4.78, 5) is 28.4. The van der Waals surface area contributed by atoms with Crippen molar-refractivity contribution in [1.82, 2.24) is 14.9 Å². The highest BCUT2D eigenvalue weighted by atomic mass is 16.5. The van der Waals surface area contributed by atoms with Gasteiger partial charge in [0.15, 0.2) is 0 Å². The number of carbonyl (C=O) groups excluding carboxylic acids is 1. The molecule has 1 amide bonds. The Hall–Kier alpha value is -3.35. The maximum Gasteiger partial charge on any atom is 0.263 e. The second kappa shape index (κ2) is 7.69. The average molecular weight is 353 g/mol. The van der Waals surface area contributed by atoms with Gasteiger partial charge in [-0.2, -0.15) is 0 Å². The van der Waals surface area contributed by atoms with E-state index in [1.807, 2.05) is 24.3 Å². The number of ether oxygens (including phenoxy) is 1. The molecule has 0 radical (unpaired) electrons. The molecule has 2 aromatic heterocycles. The van der Waals surface area contributed by atoms with Crippen LogP contribution in [0.15, 0.2) is 58.1 Å². The molecular weight excluding hydrogens is 334 g/mol. The van der Waals surface area contributed by atoms with Gasteiger partial charge >= 0.3 is 0 Å². The van der Waals surface area contributed by atoms with E-state index in [1.54, 1.807) is 32.7 Å². The number of oxazole rings is 1. The van der Waals surface area contributed by atoms with Crippen molar-refractivity contribution in [3.05, 3.63) is 70.5 Å². The van der Waals surface area contributed by atoms with Crippen LogP contribution in [0.25, 0.3) is 11.5 Å². The van der Waals surface area contributed by atoms with E-state index in [1.165, 1.54) is 10.6 Å². The SMILES string of the molecule is COc1ccc(-c2nc(CCNC(=O)c3cccn(C)c3=O)co2)cc1. The summed E-state index contributed by atoms with van der Waals surface area (Å²) in [5.41, 5.74) is 1.35. The van der Waals surface area contributed by atoms with Gasteiger partial charge in [0.05, 0.1) is 12.8 Å². The lowest BCUT2D eigenvalue weighted by Crippen LogP contribution is -2.32. The highest BCUT2D eigenvalue weighted by Crippen LogP contribution is 2.21. The van der Waals surface area contributed by atoms with Gasteiger partial charge in [0.1, 0.15) is 17.6 Å². The van der Waals surface area contributed by atoms with Gasteiger partial charge in [-0.1, -0.05) is 0 Å². The summed E-state index contributed by atoms with van der Waals surface area (Å²) in [6.45, 7) is 0.353. The van der Waals surface area contributed by atoms with Crippen LogP contribution in [0.1, 0.15) is 16.1 Å². The maximum atomic E-state index is 12.1. The quantitative estimate of drug-likeness (QED) is 0.733. The molecule has 0 unspecified atom stereocenters. The molecule has 0 aliphatic rings. The summed E-state index contributed by atoms with van der Waals surface area (Å²) >= 11 is 0. The number of hydrogen-bond donors (Lipinski definition) is 1. The zero-order valence-corrected chi connectivity index (χ0v) is 14.6. The van der Waals surface area contributed by atoms with E-state index in [2.05, 4.69) is 10.3 Å². The average Bonchev–Trinajstić information content (AvgIpc) is 3.13. The van der Waals surface area contributed by atoms with E-state index in [0.717, 1.165) is 17.0 Å². The molecule has 3 rings (SSSR count). The van der Waals surface area contributed by atoms with Crippen LogP contribution in [-0.4, -0.2) is 29.1 Å². The zero-order chi connectivity index (χ0) is 18.5. The highest BCUT2D eigenvalue weighted by Gasteiger charge is 2.11. The molecule has 0 saturated carbocycles. The van der Waals surface area contributed by atoms with E-state index in [-0.39, 0.29) is 11.1 Å². The second-order valence-electron chi connectivity index (χ2n) is 5.72. The molecular formula is C19H19N3O4. The second-order valence-corrected chi connectivity index (χ2v) is 5.72. The predicted octanol–water partition coefficient (Wildman–Crippen LogP) is 2.02.